The zero-order chi connectivity index (χ0) is 20.6. The zero-order valence-corrected chi connectivity index (χ0v) is 17.8. The molecule has 0 bridgehead atoms. The summed E-state index contributed by atoms with van der Waals surface area (Å²) in [4.78, 5) is 14.8. The summed E-state index contributed by atoms with van der Waals surface area (Å²) in [6, 6.07) is 16.2. The molecule has 0 spiro atoms. The SMILES string of the molecule is Cc1cccc(-c2nnc(SCC(=O)/C=C3\N(C)c4ccccc4C3(C)C)o2)c1. The van der Waals surface area contributed by atoms with Gasteiger partial charge in [-0.05, 0) is 30.7 Å². The van der Waals surface area contributed by atoms with Gasteiger partial charge in [0.15, 0.2) is 5.78 Å². The van der Waals surface area contributed by atoms with Crippen LogP contribution in [0, 0.1) is 6.92 Å². The number of para-hydroxylation sites is 1. The topological polar surface area (TPSA) is 59.2 Å². The first kappa shape index (κ1) is 19.5. The molecule has 0 saturated carbocycles. The molecule has 1 aliphatic rings. The zero-order valence-electron chi connectivity index (χ0n) is 17.0. The van der Waals surface area contributed by atoms with Gasteiger partial charge >= 0.3 is 0 Å². The van der Waals surface area contributed by atoms with Crippen LogP contribution in [0.15, 0.2) is 69.9 Å². The van der Waals surface area contributed by atoms with E-state index < -0.39 is 0 Å². The smallest absolute Gasteiger partial charge is 0.277 e. The van der Waals surface area contributed by atoms with E-state index in [1.165, 1.54) is 17.3 Å². The Morgan fingerprint density at radius 1 is 1.17 bits per heavy atom. The fourth-order valence-corrected chi connectivity index (χ4v) is 4.33. The lowest BCUT2D eigenvalue weighted by Gasteiger charge is -2.23. The number of nitrogens with zero attached hydrogens (tertiary/aromatic N) is 3. The molecule has 0 radical (unpaired) electrons. The molecular weight excluding hydrogens is 382 g/mol. The minimum atomic E-state index is -0.214. The van der Waals surface area contributed by atoms with Gasteiger partial charge in [0.05, 0.1) is 5.75 Å². The Morgan fingerprint density at radius 3 is 2.72 bits per heavy atom. The predicted octanol–water partition coefficient (Wildman–Crippen LogP) is 5.02. The van der Waals surface area contributed by atoms with Gasteiger partial charge in [-0.3, -0.25) is 4.79 Å². The van der Waals surface area contributed by atoms with Crippen molar-refractivity contribution in [3.05, 3.63) is 71.4 Å². The van der Waals surface area contributed by atoms with Gasteiger partial charge in [-0.1, -0.05) is 61.5 Å². The van der Waals surface area contributed by atoms with Crippen molar-refractivity contribution in [1.29, 1.82) is 0 Å². The summed E-state index contributed by atoms with van der Waals surface area (Å²) in [7, 11) is 2.01. The highest BCUT2D eigenvalue weighted by Gasteiger charge is 2.38. The molecule has 0 atom stereocenters. The second-order valence-electron chi connectivity index (χ2n) is 7.73. The molecule has 5 nitrogen and oxygen atoms in total. The van der Waals surface area contributed by atoms with Gasteiger partial charge in [-0.2, -0.15) is 0 Å². The minimum Gasteiger partial charge on any atom is -0.411 e. The van der Waals surface area contributed by atoms with Crippen molar-refractivity contribution >= 4 is 23.2 Å². The lowest BCUT2D eigenvalue weighted by atomic mass is 9.83. The predicted molar refractivity (Wildman–Crippen MR) is 116 cm³/mol. The number of ketones is 1. The van der Waals surface area contributed by atoms with Crippen molar-refractivity contribution in [3.8, 4) is 11.5 Å². The van der Waals surface area contributed by atoms with Crippen molar-refractivity contribution in [2.45, 2.75) is 31.4 Å². The number of aromatic nitrogens is 2. The molecule has 29 heavy (non-hydrogen) atoms. The van der Waals surface area contributed by atoms with Crippen molar-refractivity contribution in [1.82, 2.24) is 10.2 Å². The number of carbonyl (C=O) groups is 1. The first-order chi connectivity index (χ1) is 13.9. The summed E-state index contributed by atoms with van der Waals surface area (Å²) in [6.45, 7) is 6.31. The lowest BCUT2D eigenvalue weighted by Crippen LogP contribution is -2.24. The van der Waals surface area contributed by atoms with Gasteiger partial charge < -0.3 is 9.32 Å². The van der Waals surface area contributed by atoms with Crippen LogP contribution in [-0.2, 0) is 10.2 Å². The summed E-state index contributed by atoms with van der Waals surface area (Å²) in [5.41, 5.74) is 5.16. The number of anilines is 1. The molecule has 0 unspecified atom stereocenters. The van der Waals surface area contributed by atoms with Gasteiger partial charge in [-0.25, -0.2) is 0 Å². The lowest BCUT2D eigenvalue weighted by molar-refractivity contribution is -0.112. The molecule has 2 heterocycles. The van der Waals surface area contributed by atoms with Gasteiger partial charge in [0, 0.05) is 35.5 Å². The quantitative estimate of drug-likeness (QED) is 0.439. The normalized spacial score (nSPS) is 16.3. The van der Waals surface area contributed by atoms with Crippen LogP contribution in [0.1, 0.15) is 25.0 Å². The Balaban J connectivity index is 1.46. The molecule has 0 aliphatic carbocycles. The number of rotatable bonds is 5. The van der Waals surface area contributed by atoms with E-state index in [0.717, 1.165) is 22.5 Å². The molecule has 2 aromatic carbocycles. The number of hydrogen-bond donors (Lipinski definition) is 0. The van der Waals surface area contributed by atoms with E-state index in [4.69, 9.17) is 4.42 Å². The Hall–Kier alpha value is -2.86. The highest BCUT2D eigenvalue weighted by molar-refractivity contribution is 7.99. The van der Waals surface area contributed by atoms with E-state index in [0.29, 0.717) is 11.1 Å². The van der Waals surface area contributed by atoms with Crippen LogP contribution in [0.4, 0.5) is 5.69 Å². The number of benzene rings is 2. The van der Waals surface area contributed by atoms with E-state index in [2.05, 4.69) is 41.1 Å². The second kappa shape index (κ2) is 7.52. The van der Waals surface area contributed by atoms with E-state index in [1.807, 2.05) is 50.4 Å². The van der Waals surface area contributed by atoms with Crippen LogP contribution >= 0.6 is 11.8 Å². The maximum atomic E-state index is 12.7. The summed E-state index contributed by atoms with van der Waals surface area (Å²) in [6.07, 6.45) is 1.74. The molecule has 0 fully saturated rings. The number of aryl methyl sites for hydroxylation is 1. The highest BCUT2D eigenvalue weighted by Crippen LogP contribution is 2.46. The number of thioether (sulfide) groups is 1. The first-order valence-corrected chi connectivity index (χ1v) is 10.5. The molecule has 0 N–H and O–H groups in total. The molecule has 1 aliphatic heterocycles. The number of fused-ring (bicyclic) bond motifs is 1. The molecule has 0 amide bonds. The standard InChI is InChI=1S/C23H23N3O2S/c1-15-8-7-9-16(12-15)21-24-25-22(28-21)29-14-17(27)13-20-23(2,3)18-10-5-6-11-19(18)26(20)4/h5-13H,14H2,1-4H3/b20-13-. The van der Waals surface area contributed by atoms with Crippen molar-refractivity contribution in [2.24, 2.45) is 0 Å². The summed E-state index contributed by atoms with van der Waals surface area (Å²) in [5.74, 6) is 0.737. The van der Waals surface area contributed by atoms with Crippen LogP contribution in [0.3, 0.4) is 0 Å². The number of allylic oxidation sites excluding steroid dienone is 2. The van der Waals surface area contributed by atoms with Gasteiger partial charge in [0.1, 0.15) is 0 Å². The monoisotopic (exact) mass is 405 g/mol. The molecule has 4 rings (SSSR count). The first-order valence-electron chi connectivity index (χ1n) is 9.48. The third kappa shape index (κ3) is 3.72. The largest absolute Gasteiger partial charge is 0.411 e. The Bertz CT molecular complexity index is 1100. The summed E-state index contributed by atoms with van der Waals surface area (Å²) >= 11 is 1.26. The molecule has 148 valence electrons. The van der Waals surface area contributed by atoms with Crippen molar-refractivity contribution in [2.75, 3.05) is 17.7 Å². The molecular formula is C23H23N3O2S. The van der Waals surface area contributed by atoms with Gasteiger partial charge in [0.25, 0.3) is 5.22 Å². The molecule has 0 saturated heterocycles. The third-order valence-corrected chi connectivity index (χ3v) is 6.09. The molecule has 1 aromatic heterocycles. The van der Waals surface area contributed by atoms with Crippen LogP contribution in [0.25, 0.3) is 11.5 Å². The summed E-state index contributed by atoms with van der Waals surface area (Å²) in [5, 5.41) is 8.56. The van der Waals surface area contributed by atoms with E-state index in [-0.39, 0.29) is 17.0 Å². The molecule has 3 aromatic rings. The maximum Gasteiger partial charge on any atom is 0.277 e. The van der Waals surface area contributed by atoms with Gasteiger partial charge in [0.2, 0.25) is 5.89 Å². The van der Waals surface area contributed by atoms with Crippen LogP contribution in [0.2, 0.25) is 0 Å². The number of hydrogen-bond acceptors (Lipinski definition) is 6. The van der Waals surface area contributed by atoms with Crippen molar-refractivity contribution < 1.29 is 9.21 Å². The number of carbonyl (C=O) groups excluding carboxylic acids is 1. The maximum absolute atomic E-state index is 12.7. The Morgan fingerprint density at radius 2 is 1.97 bits per heavy atom. The average molecular weight is 406 g/mol. The molecule has 6 heteroatoms. The van der Waals surface area contributed by atoms with Crippen LogP contribution in [0.5, 0.6) is 0 Å². The fourth-order valence-electron chi connectivity index (χ4n) is 3.75. The van der Waals surface area contributed by atoms with Gasteiger partial charge in [-0.15, -0.1) is 10.2 Å². The van der Waals surface area contributed by atoms with E-state index in [9.17, 15) is 4.79 Å². The number of likely N-dealkylation sites (N-methyl/N-ethyl adjacent to an activating group) is 1. The minimum absolute atomic E-state index is 0.0213. The van der Waals surface area contributed by atoms with Crippen LogP contribution in [-0.4, -0.2) is 28.8 Å². The third-order valence-electron chi connectivity index (χ3n) is 5.25. The highest BCUT2D eigenvalue weighted by atomic mass is 32.2. The van der Waals surface area contributed by atoms with Crippen molar-refractivity contribution in [3.63, 3.8) is 0 Å². The Kier molecular flexibility index (Phi) is 5.04. The Labute approximate surface area is 174 Å². The van der Waals surface area contributed by atoms with Crippen LogP contribution < -0.4 is 4.90 Å². The average Bonchev–Trinajstić information content (AvgIpc) is 3.25. The van der Waals surface area contributed by atoms with E-state index >= 15 is 0 Å². The fraction of sp³-hybridized carbons (Fsp3) is 0.261. The van der Waals surface area contributed by atoms with E-state index in [1.54, 1.807) is 6.08 Å². The second-order valence-corrected chi connectivity index (χ2v) is 8.65. The summed E-state index contributed by atoms with van der Waals surface area (Å²) < 4.78 is 5.72.